The van der Waals surface area contributed by atoms with Crippen molar-refractivity contribution in [1.29, 1.82) is 0 Å². The van der Waals surface area contributed by atoms with Crippen molar-refractivity contribution in [1.82, 2.24) is 15.3 Å². The number of guanidine groups is 1. The highest BCUT2D eigenvalue weighted by Gasteiger charge is 1.94. The van der Waals surface area contributed by atoms with Crippen molar-refractivity contribution >= 4 is 29.9 Å². The van der Waals surface area contributed by atoms with Gasteiger partial charge < -0.3 is 11.1 Å². The van der Waals surface area contributed by atoms with Crippen LogP contribution in [0.2, 0.25) is 0 Å². The van der Waals surface area contributed by atoms with Gasteiger partial charge in [-0.3, -0.25) is 0 Å². The van der Waals surface area contributed by atoms with Crippen molar-refractivity contribution in [2.75, 3.05) is 6.54 Å². The van der Waals surface area contributed by atoms with E-state index in [-0.39, 0.29) is 24.0 Å². The molecule has 0 saturated carbocycles. The molecule has 0 radical (unpaired) electrons. The molecule has 0 atom stereocenters. The van der Waals surface area contributed by atoms with Crippen LogP contribution in [-0.2, 0) is 6.54 Å². The smallest absolute Gasteiger partial charge is 0.189 e. The molecular formula is C10H16IN5. The molecule has 0 aliphatic carbocycles. The molecule has 3 N–H and O–H groups in total. The first kappa shape index (κ1) is 14.8. The minimum Gasteiger partial charge on any atom is -0.370 e. The molecular weight excluding hydrogens is 317 g/mol. The van der Waals surface area contributed by atoms with Gasteiger partial charge in [0.1, 0.15) is 5.82 Å². The molecule has 1 aromatic rings. The van der Waals surface area contributed by atoms with Gasteiger partial charge in [0.2, 0.25) is 0 Å². The van der Waals surface area contributed by atoms with E-state index in [1.165, 1.54) is 0 Å². The lowest BCUT2D eigenvalue weighted by Crippen LogP contribution is -2.31. The molecule has 1 rings (SSSR count). The topological polar surface area (TPSA) is 76.2 Å². The van der Waals surface area contributed by atoms with Gasteiger partial charge in [0.25, 0.3) is 0 Å². The number of nitrogens with two attached hydrogens (primary N) is 1. The van der Waals surface area contributed by atoms with Gasteiger partial charge in [-0.05, 0) is 13.0 Å². The summed E-state index contributed by atoms with van der Waals surface area (Å²) in [6.07, 6.45) is 3.43. The normalized spacial score (nSPS) is 10.4. The van der Waals surface area contributed by atoms with Gasteiger partial charge in [0, 0.05) is 12.7 Å². The number of halogens is 1. The third kappa shape index (κ3) is 5.64. The van der Waals surface area contributed by atoms with E-state index in [0.717, 1.165) is 11.5 Å². The van der Waals surface area contributed by atoms with Crippen LogP contribution in [0, 0.1) is 6.92 Å². The Morgan fingerprint density at radius 1 is 1.69 bits per heavy atom. The molecule has 0 unspecified atom stereocenters. The molecule has 16 heavy (non-hydrogen) atoms. The van der Waals surface area contributed by atoms with Crippen molar-refractivity contribution in [3.8, 4) is 0 Å². The Morgan fingerprint density at radius 3 is 3.06 bits per heavy atom. The number of hydrogen-bond acceptors (Lipinski definition) is 3. The molecule has 0 aliphatic heterocycles. The second-order valence-electron chi connectivity index (χ2n) is 2.97. The van der Waals surface area contributed by atoms with Gasteiger partial charge in [-0.2, -0.15) is 0 Å². The predicted octanol–water partition coefficient (Wildman–Crippen LogP) is 0.993. The number of aromatic nitrogens is 2. The van der Waals surface area contributed by atoms with E-state index in [2.05, 4.69) is 26.9 Å². The van der Waals surface area contributed by atoms with Crippen LogP contribution in [0.25, 0.3) is 0 Å². The maximum Gasteiger partial charge on any atom is 0.189 e. The van der Waals surface area contributed by atoms with E-state index in [1.807, 2.05) is 13.0 Å². The Morgan fingerprint density at radius 2 is 2.44 bits per heavy atom. The number of hydrogen-bond donors (Lipinski definition) is 2. The number of nitrogens with one attached hydrogen (secondary N) is 1. The third-order valence-corrected chi connectivity index (χ3v) is 1.67. The van der Waals surface area contributed by atoms with Gasteiger partial charge >= 0.3 is 0 Å². The van der Waals surface area contributed by atoms with E-state index in [0.29, 0.717) is 19.0 Å². The summed E-state index contributed by atoms with van der Waals surface area (Å²) < 4.78 is 0. The van der Waals surface area contributed by atoms with E-state index >= 15 is 0 Å². The predicted molar refractivity (Wildman–Crippen MR) is 75.7 cm³/mol. The van der Waals surface area contributed by atoms with Crippen LogP contribution < -0.4 is 11.1 Å². The zero-order valence-electron chi connectivity index (χ0n) is 9.18. The van der Waals surface area contributed by atoms with Crippen LogP contribution in [-0.4, -0.2) is 22.5 Å². The fourth-order valence-electron chi connectivity index (χ4n) is 0.992. The molecule has 0 bridgehead atoms. The maximum atomic E-state index is 5.59. The van der Waals surface area contributed by atoms with Gasteiger partial charge in [-0.25, -0.2) is 15.0 Å². The zero-order valence-corrected chi connectivity index (χ0v) is 11.5. The number of aliphatic imine (C=N–C) groups is 1. The quantitative estimate of drug-likeness (QED) is 0.373. The summed E-state index contributed by atoms with van der Waals surface area (Å²) in [6.45, 7) is 6.48. The molecule has 1 heterocycles. The molecule has 6 heteroatoms. The largest absolute Gasteiger partial charge is 0.370 e. The van der Waals surface area contributed by atoms with E-state index < -0.39 is 0 Å². The fourth-order valence-corrected chi connectivity index (χ4v) is 0.992. The van der Waals surface area contributed by atoms with E-state index in [1.54, 1.807) is 12.3 Å². The summed E-state index contributed by atoms with van der Waals surface area (Å²) in [5.41, 5.74) is 6.45. The molecule has 1 aromatic heterocycles. The fraction of sp³-hybridized carbons (Fsp3) is 0.300. The van der Waals surface area contributed by atoms with Crippen LogP contribution in [0.3, 0.4) is 0 Å². The second-order valence-corrected chi connectivity index (χ2v) is 2.97. The van der Waals surface area contributed by atoms with Gasteiger partial charge in [-0.15, -0.1) is 30.6 Å². The van der Waals surface area contributed by atoms with Crippen LogP contribution >= 0.6 is 24.0 Å². The van der Waals surface area contributed by atoms with E-state index in [9.17, 15) is 0 Å². The summed E-state index contributed by atoms with van der Waals surface area (Å²) in [5, 5.41) is 2.88. The van der Waals surface area contributed by atoms with Crippen molar-refractivity contribution < 1.29 is 0 Å². The zero-order chi connectivity index (χ0) is 11.1. The van der Waals surface area contributed by atoms with Crippen LogP contribution in [0.4, 0.5) is 0 Å². The summed E-state index contributed by atoms with van der Waals surface area (Å²) in [4.78, 5) is 12.3. The van der Waals surface area contributed by atoms with Crippen molar-refractivity contribution in [2.45, 2.75) is 13.5 Å². The molecule has 0 aliphatic rings. The highest BCUT2D eigenvalue weighted by Crippen LogP contribution is 1.96. The van der Waals surface area contributed by atoms with Crippen molar-refractivity contribution in [3.63, 3.8) is 0 Å². The van der Waals surface area contributed by atoms with Crippen LogP contribution in [0.5, 0.6) is 0 Å². The summed E-state index contributed by atoms with van der Waals surface area (Å²) in [5.74, 6) is 1.13. The molecule has 0 spiro atoms. The molecule has 5 nitrogen and oxygen atoms in total. The van der Waals surface area contributed by atoms with E-state index in [4.69, 9.17) is 5.73 Å². The Labute approximate surface area is 112 Å². The summed E-state index contributed by atoms with van der Waals surface area (Å²) in [7, 11) is 0. The lowest BCUT2D eigenvalue weighted by Gasteiger charge is -2.02. The second kappa shape index (κ2) is 8.03. The van der Waals surface area contributed by atoms with Gasteiger partial charge in [0.05, 0.1) is 12.2 Å². The molecule has 0 fully saturated rings. The third-order valence-electron chi connectivity index (χ3n) is 1.67. The van der Waals surface area contributed by atoms with Gasteiger partial charge in [-0.1, -0.05) is 6.08 Å². The Kier molecular flexibility index (Phi) is 7.44. The molecule has 0 amide bonds. The molecule has 0 aromatic carbocycles. The number of rotatable bonds is 4. The highest BCUT2D eigenvalue weighted by atomic mass is 127. The standard InChI is InChI=1S/C10H15N5.HI/c1-3-5-13-10(11)14-7-9-4-6-12-8(2)15-9;/h3-4,6H,1,5,7H2,2H3,(H3,11,13,14);1H. The monoisotopic (exact) mass is 333 g/mol. The number of aryl methyl sites for hydroxylation is 1. The lowest BCUT2D eigenvalue weighted by atomic mass is 10.4. The van der Waals surface area contributed by atoms with Crippen LogP contribution in [0.15, 0.2) is 29.9 Å². The average molecular weight is 333 g/mol. The Hall–Kier alpha value is -1.18. The first-order valence-corrected chi connectivity index (χ1v) is 4.65. The van der Waals surface area contributed by atoms with Crippen molar-refractivity contribution in [2.24, 2.45) is 10.7 Å². The minimum atomic E-state index is 0. The van der Waals surface area contributed by atoms with Gasteiger partial charge in [0.15, 0.2) is 5.96 Å². The minimum absolute atomic E-state index is 0. The Bertz CT molecular complexity index is 364. The van der Waals surface area contributed by atoms with Crippen molar-refractivity contribution in [3.05, 3.63) is 36.4 Å². The molecule has 88 valence electrons. The van der Waals surface area contributed by atoms with Crippen LogP contribution in [0.1, 0.15) is 11.5 Å². The first-order valence-electron chi connectivity index (χ1n) is 4.65. The molecule has 0 saturated heterocycles. The highest BCUT2D eigenvalue weighted by molar-refractivity contribution is 14.0. The maximum absolute atomic E-state index is 5.59. The number of nitrogens with zero attached hydrogens (tertiary/aromatic N) is 3. The average Bonchev–Trinajstić information content (AvgIpc) is 2.23. The Balaban J connectivity index is 0.00000225. The SMILES string of the molecule is C=CCNC(N)=NCc1ccnc(C)n1.I. The lowest BCUT2D eigenvalue weighted by molar-refractivity contribution is 0.905. The first-order chi connectivity index (χ1) is 7.22. The summed E-state index contributed by atoms with van der Waals surface area (Å²) in [6, 6.07) is 1.82. The summed E-state index contributed by atoms with van der Waals surface area (Å²) >= 11 is 0.